The average Bonchev–Trinajstić information content (AvgIpc) is 2.97. The second kappa shape index (κ2) is 6.39. The number of methoxy groups -OCH3 is 1. The zero-order chi connectivity index (χ0) is 17.4. The van der Waals surface area contributed by atoms with Crippen LogP contribution in [0.1, 0.15) is 17.5 Å². The maximum atomic E-state index is 11.6. The highest BCUT2D eigenvalue weighted by atomic mass is 32.2. The second-order valence-corrected chi connectivity index (χ2v) is 7.67. The summed E-state index contributed by atoms with van der Waals surface area (Å²) in [4.78, 5) is 2.23. The smallest absolute Gasteiger partial charge is 0.316 e. The first kappa shape index (κ1) is 16.5. The number of aliphatic hydroxyl groups is 1. The lowest BCUT2D eigenvalue weighted by molar-refractivity contribution is -0.656. The molecule has 2 aromatic carbocycles. The van der Waals surface area contributed by atoms with Gasteiger partial charge >= 0.3 is 5.17 Å². The Morgan fingerprint density at radius 2 is 1.84 bits per heavy atom. The maximum absolute atomic E-state index is 11.6. The van der Waals surface area contributed by atoms with Gasteiger partial charge in [-0.2, -0.15) is 0 Å². The molecule has 0 aromatic heterocycles. The lowest BCUT2D eigenvalue weighted by atomic mass is 10.0. The van der Waals surface area contributed by atoms with E-state index in [1.807, 2.05) is 36.0 Å². The number of ether oxygens (including phenoxy) is 1. The molecule has 5 heteroatoms. The summed E-state index contributed by atoms with van der Waals surface area (Å²) < 4.78 is 7.43. The van der Waals surface area contributed by atoms with Gasteiger partial charge < -0.3 is 9.84 Å². The molecule has 4 rings (SSSR count). The van der Waals surface area contributed by atoms with Crippen molar-refractivity contribution >= 4 is 22.6 Å². The molecule has 130 valence electrons. The van der Waals surface area contributed by atoms with E-state index in [1.54, 1.807) is 7.11 Å². The highest BCUT2D eigenvalue weighted by Crippen LogP contribution is 2.37. The Labute approximate surface area is 152 Å². The highest BCUT2D eigenvalue weighted by Gasteiger charge is 2.53. The Balaban J connectivity index is 1.75. The van der Waals surface area contributed by atoms with Crippen LogP contribution < -0.4 is 9.64 Å². The third kappa shape index (κ3) is 2.81. The predicted molar refractivity (Wildman–Crippen MR) is 103 cm³/mol. The van der Waals surface area contributed by atoms with E-state index in [0.717, 1.165) is 40.9 Å². The number of anilines is 1. The van der Waals surface area contributed by atoms with Crippen molar-refractivity contribution in [1.29, 1.82) is 0 Å². The van der Waals surface area contributed by atoms with Crippen molar-refractivity contribution in [2.45, 2.75) is 19.1 Å². The normalized spacial score (nSPS) is 22.9. The Bertz CT molecular complexity index is 801. The summed E-state index contributed by atoms with van der Waals surface area (Å²) in [6.45, 7) is 3.48. The molecule has 2 aromatic rings. The minimum atomic E-state index is -0.990. The third-order valence-electron chi connectivity index (χ3n) is 4.94. The Hall–Kier alpha value is -1.98. The fourth-order valence-corrected chi connectivity index (χ4v) is 4.71. The summed E-state index contributed by atoms with van der Waals surface area (Å²) >= 11 is 1.82. The van der Waals surface area contributed by atoms with Crippen molar-refractivity contribution in [1.82, 2.24) is 0 Å². The molecule has 0 radical (unpaired) electrons. The average molecular weight is 355 g/mol. The topological polar surface area (TPSA) is 35.7 Å². The Kier molecular flexibility index (Phi) is 4.21. The van der Waals surface area contributed by atoms with Gasteiger partial charge in [0.2, 0.25) is 0 Å². The first-order valence-electron chi connectivity index (χ1n) is 8.60. The molecule has 0 amide bonds. The Morgan fingerprint density at radius 3 is 2.52 bits per heavy atom. The van der Waals surface area contributed by atoms with Crippen LogP contribution in [0.2, 0.25) is 0 Å². The van der Waals surface area contributed by atoms with Crippen molar-refractivity contribution in [3.63, 3.8) is 0 Å². The van der Waals surface area contributed by atoms with E-state index in [2.05, 4.69) is 40.7 Å². The van der Waals surface area contributed by atoms with Gasteiger partial charge in [0.15, 0.2) is 6.54 Å². The zero-order valence-electron chi connectivity index (χ0n) is 14.6. The van der Waals surface area contributed by atoms with Gasteiger partial charge in [0.25, 0.3) is 5.72 Å². The van der Waals surface area contributed by atoms with Crippen LogP contribution in [0.15, 0.2) is 48.5 Å². The molecule has 25 heavy (non-hydrogen) atoms. The number of aryl methyl sites for hydroxylation is 1. The number of rotatable bonds is 3. The Morgan fingerprint density at radius 1 is 1.12 bits per heavy atom. The van der Waals surface area contributed by atoms with Gasteiger partial charge in [0.1, 0.15) is 11.4 Å². The van der Waals surface area contributed by atoms with Gasteiger partial charge in [-0.05, 0) is 49.4 Å². The molecule has 0 aliphatic carbocycles. The fourth-order valence-electron chi connectivity index (χ4n) is 3.53. The van der Waals surface area contributed by atoms with Crippen molar-refractivity contribution in [2.24, 2.45) is 0 Å². The van der Waals surface area contributed by atoms with E-state index in [4.69, 9.17) is 4.74 Å². The summed E-state index contributed by atoms with van der Waals surface area (Å²) in [7, 11) is 1.68. The SMILES string of the molecule is COc1ccc(N2C[C@@](O)(c3ccc(C)cc3)[N+]3=C2SCCC3)cc1. The van der Waals surface area contributed by atoms with Gasteiger partial charge in [-0.1, -0.05) is 29.8 Å². The third-order valence-corrected chi connectivity index (χ3v) is 6.13. The molecule has 0 bridgehead atoms. The summed E-state index contributed by atoms with van der Waals surface area (Å²) in [5, 5.41) is 12.7. The van der Waals surface area contributed by atoms with Gasteiger partial charge in [-0.3, -0.25) is 0 Å². The molecule has 0 saturated heterocycles. The standard InChI is InChI=1S/C20H23N2O2S/c1-15-4-6-16(7-5-15)20(23)14-21(19-22(20)12-3-13-25-19)17-8-10-18(24-2)11-9-17/h4-11,23H,3,12-14H2,1-2H3/q+1/t20-/m1/s1. The molecule has 0 unspecified atom stereocenters. The van der Waals surface area contributed by atoms with E-state index >= 15 is 0 Å². The number of thioether (sulfide) groups is 1. The first-order valence-corrected chi connectivity index (χ1v) is 9.59. The van der Waals surface area contributed by atoms with Gasteiger partial charge in [-0.25, -0.2) is 9.48 Å². The van der Waals surface area contributed by atoms with Crippen LogP contribution in [0.25, 0.3) is 0 Å². The summed E-state index contributed by atoms with van der Waals surface area (Å²) in [5.74, 6) is 1.93. The highest BCUT2D eigenvalue weighted by molar-refractivity contribution is 8.13. The first-order chi connectivity index (χ1) is 12.1. The van der Waals surface area contributed by atoms with Crippen molar-refractivity contribution < 1.29 is 14.4 Å². The van der Waals surface area contributed by atoms with Crippen LogP contribution >= 0.6 is 11.8 Å². The monoisotopic (exact) mass is 355 g/mol. The van der Waals surface area contributed by atoms with E-state index in [9.17, 15) is 5.11 Å². The predicted octanol–water partition coefficient (Wildman–Crippen LogP) is 3.17. The molecule has 2 heterocycles. The number of hydrogen-bond donors (Lipinski definition) is 1. The van der Waals surface area contributed by atoms with Crippen LogP contribution in [0, 0.1) is 6.92 Å². The largest absolute Gasteiger partial charge is 0.497 e. The van der Waals surface area contributed by atoms with Gasteiger partial charge in [0.05, 0.1) is 13.7 Å². The van der Waals surface area contributed by atoms with E-state index < -0.39 is 5.72 Å². The molecule has 1 N–H and O–H groups in total. The summed E-state index contributed by atoms with van der Waals surface area (Å²) in [5.41, 5.74) is 2.25. The molecule has 0 saturated carbocycles. The van der Waals surface area contributed by atoms with Crippen LogP contribution in [0.4, 0.5) is 5.69 Å². The molecule has 0 fully saturated rings. The van der Waals surface area contributed by atoms with Crippen molar-refractivity contribution in [3.05, 3.63) is 59.7 Å². The molecule has 0 spiro atoms. The fraction of sp³-hybridized carbons (Fsp3) is 0.350. The van der Waals surface area contributed by atoms with E-state index in [1.165, 1.54) is 5.56 Å². The number of amidine groups is 1. The minimum absolute atomic E-state index is 0.532. The summed E-state index contributed by atoms with van der Waals surface area (Å²) in [6, 6.07) is 16.3. The minimum Gasteiger partial charge on any atom is -0.497 e. The zero-order valence-corrected chi connectivity index (χ0v) is 15.4. The van der Waals surface area contributed by atoms with Gasteiger partial charge in [0, 0.05) is 11.3 Å². The lowest BCUT2D eigenvalue weighted by Gasteiger charge is -2.24. The van der Waals surface area contributed by atoms with Crippen molar-refractivity contribution in [3.8, 4) is 5.75 Å². The van der Waals surface area contributed by atoms with Crippen LogP contribution in [-0.4, -0.2) is 40.8 Å². The molecule has 2 aliphatic rings. The number of β-amino-alcohol motifs (C(OH)–C–C–N with tert-alkyl or cyclic N) is 1. The van der Waals surface area contributed by atoms with Crippen molar-refractivity contribution in [2.75, 3.05) is 30.9 Å². The number of nitrogens with zero attached hydrogens (tertiary/aromatic N) is 2. The van der Waals surface area contributed by atoms with E-state index in [-0.39, 0.29) is 0 Å². The number of hydrogen-bond acceptors (Lipinski definition) is 4. The second-order valence-electron chi connectivity index (χ2n) is 6.60. The molecular formula is C20H23N2O2S+. The maximum Gasteiger partial charge on any atom is 0.316 e. The van der Waals surface area contributed by atoms with Crippen LogP contribution in [-0.2, 0) is 5.72 Å². The molecular weight excluding hydrogens is 332 g/mol. The quantitative estimate of drug-likeness (QED) is 0.858. The molecule has 2 aliphatic heterocycles. The lowest BCUT2D eigenvalue weighted by Crippen LogP contribution is -2.41. The van der Waals surface area contributed by atoms with E-state index in [0.29, 0.717) is 6.54 Å². The van der Waals surface area contributed by atoms with Crippen LogP contribution in [0.3, 0.4) is 0 Å². The number of benzene rings is 2. The molecule has 4 nitrogen and oxygen atoms in total. The van der Waals surface area contributed by atoms with Crippen LogP contribution in [0.5, 0.6) is 5.75 Å². The summed E-state index contributed by atoms with van der Waals surface area (Å²) in [6.07, 6.45) is 1.08. The van der Waals surface area contributed by atoms with Gasteiger partial charge in [-0.15, -0.1) is 0 Å². The molecule has 1 atom stereocenters.